The first-order chi connectivity index (χ1) is 9.59. The molecule has 3 N–H and O–H groups in total. The molecule has 20 heavy (non-hydrogen) atoms. The summed E-state index contributed by atoms with van der Waals surface area (Å²) in [6, 6.07) is 7.10. The number of carbonyl (C=O) groups is 1. The quantitative estimate of drug-likeness (QED) is 0.891. The van der Waals surface area contributed by atoms with Gasteiger partial charge in [0.05, 0.1) is 11.3 Å². The standard InChI is InChI=1S/C14H13Cl2N3O/c15-11-2-1-3-12(16)9(11)4-7-19-13-5-6-18-8-10(13)14(17)20/h1-3,5-6,8H,4,7H2,(H2,17,20)(H,18,19). The van der Waals surface area contributed by atoms with Crippen LogP contribution in [0.15, 0.2) is 36.7 Å². The van der Waals surface area contributed by atoms with E-state index in [9.17, 15) is 4.79 Å². The van der Waals surface area contributed by atoms with E-state index in [0.29, 0.717) is 34.3 Å². The third kappa shape index (κ3) is 3.40. The number of primary amides is 1. The second kappa shape index (κ2) is 6.59. The first kappa shape index (κ1) is 14.6. The van der Waals surface area contributed by atoms with Crippen molar-refractivity contribution in [3.8, 4) is 0 Å². The number of benzene rings is 1. The van der Waals surface area contributed by atoms with Crippen LogP contribution in [0.25, 0.3) is 0 Å². The number of aromatic nitrogens is 1. The number of rotatable bonds is 5. The molecule has 1 amide bonds. The maximum absolute atomic E-state index is 11.3. The molecule has 0 aliphatic carbocycles. The van der Waals surface area contributed by atoms with Crippen molar-refractivity contribution in [1.82, 2.24) is 4.98 Å². The van der Waals surface area contributed by atoms with Crippen molar-refractivity contribution >= 4 is 34.8 Å². The molecule has 0 fully saturated rings. The van der Waals surface area contributed by atoms with Gasteiger partial charge < -0.3 is 11.1 Å². The Labute approximate surface area is 126 Å². The van der Waals surface area contributed by atoms with Crippen LogP contribution in [0.3, 0.4) is 0 Å². The predicted octanol–water partition coefficient (Wildman–Crippen LogP) is 3.14. The van der Waals surface area contributed by atoms with E-state index < -0.39 is 5.91 Å². The minimum atomic E-state index is -0.517. The monoisotopic (exact) mass is 309 g/mol. The molecule has 0 aliphatic rings. The summed E-state index contributed by atoms with van der Waals surface area (Å²) < 4.78 is 0. The van der Waals surface area contributed by atoms with Crippen LogP contribution in [-0.4, -0.2) is 17.4 Å². The smallest absolute Gasteiger partial charge is 0.252 e. The Kier molecular flexibility index (Phi) is 4.82. The van der Waals surface area contributed by atoms with Crippen LogP contribution in [-0.2, 0) is 6.42 Å². The van der Waals surface area contributed by atoms with E-state index in [4.69, 9.17) is 28.9 Å². The third-order valence-electron chi connectivity index (χ3n) is 2.84. The van der Waals surface area contributed by atoms with Crippen LogP contribution in [0.4, 0.5) is 5.69 Å². The maximum Gasteiger partial charge on any atom is 0.252 e. The van der Waals surface area contributed by atoms with E-state index in [1.165, 1.54) is 6.20 Å². The second-order valence-electron chi connectivity index (χ2n) is 4.16. The number of nitrogens with two attached hydrogens (primary N) is 1. The number of anilines is 1. The number of amides is 1. The zero-order valence-electron chi connectivity index (χ0n) is 10.6. The van der Waals surface area contributed by atoms with Crippen LogP contribution in [0.1, 0.15) is 15.9 Å². The zero-order valence-corrected chi connectivity index (χ0v) is 12.1. The molecule has 2 aromatic rings. The van der Waals surface area contributed by atoms with E-state index in [2.05, 4.69) is 10.3 Å². The van der Waals surface area contributed by atoms with Gasteiger partial charge in [0.15, 0.2) is 0 Å². The lowest BCUT2D eigenvalue weighted by Gasteiger charge is -2.11. The molecule has 1 aromatic heterocycles. The molecule has 0 radical (unpaired) electrons. The van der Waals surface area contributed by atoms with Crippen molar-refractivity contribution in [1.29, 1.82) is 0 Å². The molecule has 0 unspecified atom stereocenters. The summed E-state index contributed by atoms with van der Waals surface area (Å²) >= 11 is 12.2. The lowest BCUT2D eigenvalue weighted by Crippen LogP contribution is -2.16. The minimum absolute atomic E-state index is 0.359. The molecule has 0 bridgehead atoms. The molecule has 1 heterocycles. The van der Waals surface area contributed by atoms with E-state index >= 15 is 0 Å². The van der Waals surface area contributed by atoms with Crippen molar-refractivity contribution in [3.63, 3.8) is 0 Å². The van der Waals surface area contributed by atoms with Crippen LogP contribution in [0, 0.1) is 0 Å². The van der Waals surface area contributed by atoms with Crippen LogP contribution < -0.4 is 11.1 Å². The number of pyridine rings is 1. The fraction of sp³-hybridized carbons (Fsp3) is 0.143. The summed E-state index contributed by atoms with van der Waals surface area (Å²) in [6.45, 7) is 0.577. The lowest BCUT2D eigenvalue weighted by atomic mass is 10.1. The molecular formula is C14H13Cl2N3O. The fourth-order valence-corrected chi connectivity index (χ4v) is 2.42. The van der Waals surface area contributed by atoms with Crippen molar-refractivity contribution < 1.29 is 4.79 Å². The fourth-order valence-electron chi connectivity index (χ4n) is 1.84. The third-order valence-corrected chi connectivity index (χ3v) is 3.55. The van der Waals surface area contributed by atoms with Gasteiger partial charge in [-0.05, 0) is 30.2 Å². The topological polar surface area (TPSA) is 68.0 Å². The first-order valence-electron chi connectivity index (χ1n) is 6.00. The van der Waals surface area contributed by atoms with Gasteiger partial charge in [-0.3, -0.25) is 9.78 Å². The van der Waals surface area contributed by atoms with E-state index in [0.717, 1.165) is 5.56 Å². The minimum Gasteiger partial charge on any atom is -0.384 e. The van der Waals surface area contributed by atoms with Gasteiger partial charge in [-0.25, -0.2) is 0 Å². The highest BCUT2D eigenvalue weighted by molar-refractivity contribution is 6.36. The van der Waals surface area contributed by atoms with E-state index in [-0.39, 0.29) is 0 Å². The highest BCUT2D eigenvalue weighted by Crippen LogP contribution is 2.24. The molecule has 0 aliphatic heterocycles. The largest absolute Gasteiger partial charge is 0.384 e. The Morgan fingerprint density at radius 3 is 2.60 bits per heavy atom. The van der Waals surface area contributed by atoms with Crippen molar-refractivity contribution in [3.05, 3.63) is 57.8 Å². The number of carbonyl (C=O) groups excluding carboxylic acids is 1. The molecule has 0 spiro atoms. The Morgan fingerprint density at radius 1 is 1.25 bits per heavy atom. The highest BCUT2D eigenvalue weighted by atomic mass is 35.5. The van der Waals surface area contributed by atoms with Crippen LogP contribution >= 0.6 is 23.2 Å². The number of nitrogens with one attached hydrogen (secondary N) is 1. The molecule has 0 saturated heterocycles. The van der Waals surface area contributed by atoms with Crippen LogP contribution in [0.5, 0.6) is 0 Å². The Bertz CT molecular complexity index is 611. The van der Waals surface area contributed by atoms with Gasteiger partial charge in [-0.15, -0.1) is 0 Å². The second-order valence-corrected chi connectivity index (χ2v) is 4.98. The zero-order chi connectivity index (χ0) is 14.5. The van der Waals surface area contributed by atoms with E-state index in [1.54, 1.807) is 30.5 Å². The van der Waals surface area contributed by atoms with Gasteiger partial charge in [-0.1, -0.05) is 29.3 Å². The lowest BCUT2D eigenvalue weighted by molar-refractivity contribution is 0.100. The number of halogens is 2. The SMILES string of the molecule is NC(=O)c1cnccc1NCCc1c(Cl)cccc1Cl. The van der Waals surface area contributed by atoms with Gasteiger partial charge in [0.25, 0.3) is 5.91 Å². The molecule has 0 saturated carbocycles. The summed E-state index contributed by atoms with van der Waals surface area (Å²) in [5, 5.41) is 4.40. The average Bonchev–Trinajstić information content (AvgIpc) is 2.42. The number of nitrogens with zero attached hydrogens (tertiary/aromatic N) is 1. The van der Waals surface area contributed by atoms with Gasteiger partial charge in [0.1, 0.15) is 0 Å². The van der Waals surface area contributed by atoms with Gasteiger partial charge in [-0.2, -0.15) is 0 Å². The Morgan fingerprint density at radius 2 is 1.95 bits per heavy atom. The molecule has 0 atom stereocenters. The van der Waals surface area contributed by atoms with Gasteiger partial charge >= 0.3 is 0 Å². The molecule has 4 nitrogen and oxygen atoms in total. The Hall–Kier alpha value is -1.78. The van der Waals surface area contributed by atoms with Crippen molar-refractivity contribution in [2.75, 3.05) is 11.9 Å². The van der Waals surface area contributed by atoms with Crippen molar-refractivity contribution in [2.45, 2.75) is 6.42 Å². The summed E-state index contributed by atoms with van der Waals surface area (Å²) in [7, 11) is 0. The summed E-state index contributed by atoms with van der Waals surface area (Å²) in [6.07, 6.45) is 3.67. The molecule has 6 heteroatoms. The summed E-state index contributed by atoms with van der Waals surface area (Å²) in [4.78, 5) is 15.1. The highest BCUT2D eigenvalue weighted by Gasteiger charge is 2.09. The molecular weight excluding hydrogens is 297 g/mol. The maximum atomic E-state index is 11.3. The number of hydrogen-bond donors (Lipinski definition) is 2. The normalized spacial score (nSPS) is 10.3. The van der Waals surface area contributed by atoms with Gasteiger partial charge in [0, 0.05) is 29.0 Å². The van der Waals surface area contributed by atoms with Gasteiger partial charge in [0.2, 0.25) is 0 Å². The molecule has 1 aromatic carbocycles. The molecule has 104 valence electrons. The van der Waals surface area contributed by atoms with Crippen LogP contribution in [0.2, 0.25) is 10.0 Å². The average molecular weight is 310 g/mol. The summed E-state index contributed by atoms with van der Waals surface area (Å²) in [5.74, 6) is -0.517. The number of hydrogen-bond acceptors (Lipinski definition) is 3. The Balaban J connectivity index is 2.05. The molecule has 2 rings (SSSR count). The van der Waals surface area contributed by atoms with E-state index in [1.807, 2.05) is 0 Å². The summed E-state index contributed by atoms with van der Waals surface area (Å²) in [5.41, 5.74) is 7.17. The van der Waals surface area contributed by atoms with Crippen molar-refractivity contribution in [2.24, 2.45) is 5.73 Å². The predicted molar refractivity (Wildman–Crippen MR) is 81.4 cm³/mol. The first-order valence-corrected chi connectivity index (χ1v) is 6.75.